The fraction of sp³-hybridized carbons (Fsp3) is 0.902. The zero-order chi connectivity index (χ0) is 33.5. The van der Waals surface area contributed by atoms with Gasteiger partial charge in [0.2, 0.25) is 5.91 Å². The van der Waals surface area contributed by atoms with Gasteiger partial charge in [0.1, 0.15) is 0 Å². The van der Waals surface area contributed by atoms with Gasteiger partial charge < -0.3 is 15.5 Å². The Balaban J connectivity index is 1.27. The molecule has 0 heterocycles. The van der Waals surface area contributed by atoms with Crippen LogP contribution < -0.4 is 5.32 Å². The molecule has 0 spiro atoms. The molecule has 1 amide bonds. The monoisotopic (exact) mass is 640 g/mol. The number of aliphatic hydroxyl groups excluding tert-OH is 1. The van der Waals surface area contributed by atoms with Gasteiger partial charge in [0, 0.05) is 13.0 Å². The number of carboxylic acid groups (broad SMARTS) is 1. The maximum Gasteiger partial charge on any atom is 0.303 e. The van der Waals surface area contributed by atoms with Crippen molar-refractivity contribution in [3.8, 4) is 0 Å². The van der Waals surface area contributed by atoms with Crippen LogP contribution in [0.2, 0.25) is 0 Å². The number of carboxylic acids is 1. The molecular weight excluding hydrogens is 570 g/mol. The summed E-state index contributed by atoms with van der Waals surface area (Å²) in [6.07, 6.45) is 21.4. The summed E-state index contributed by atoms with van der Waals surface area (Å²) in [4.78, 5) is 25.0. The number of unbranched alkanes of at least 4 members (excludes halogenated alkanes) is 7. The zero-order valence-electron chi connectivity index (χ0n) is 30.7. The van der Waals surface area contributed by atoms with Crippen molar-refractivity contribution in [2.24, 2.45) is 56.7 Å². The normalized spacial score (nSPS) is 42.9. The van der Waals surface area contributed by atoms with Crippen LogP contribution in [-0.4, -0.2) is 34.7 Å². The lowest BCUT2D eigenvalue weighted by atomic mass is 9.33. The van der Waals surface area contributed by atoms with Gasteiger partial charge >= 0.3 is 5.97 Å². The summed E-state index contributed by atoms with van der Waals surface area (Å²) in [7, 11) is 0. The maximum atomic E-state index is 14.4. The van der Waals surface area contributed by atoms with Crippen LogP contribution in [0.5, 0.6) is 0 Å². The smallest absolute Gasteiger partial charge is 0.303 e. The van der Waals surface area contributed by atoms with Gasteiger partial charge in [-0.05, 0) is 122 Å². The van der Waals surface area contributed by atoms with Crippen molar-refractivity contribution in [1.82, 2.24) is 5.32 Å². The minimum Gasteiger partial charge on any atom is -0.481 e. The number of carbonyl (C=O) groups is 2. The molecule has 0 aliphatic heterocycles. The minimum absolute atomic E-state index is 0.0321. The molecule has 5 heteroatoms. The quantitative estimate of drug-likeness (QED) is 0.147. The van der Waals surface area contributed by atoms with Gasteiger partial charge in [-0.25, -0.2) is 0 Å². The first-order valence-corrected chi connectivity index (χ1v) is 19.5. The standard InChI is InChI=1S/C41H69NO4/c1-28-19-24-41(36(46)42-27-15-13-11-9-8-10-12-14-16-34(44)45)26-25-39(6)30(35(41)29(28)2)17-18-32-38(5)22-21-33(43)37(3,4)31(38)20-23-40(32,39)7/h17,28-29,31-33,35,43H,8-16,18-27H2,1-7H3,(H,42,46)(H,44,45)/t28-,29+,31+,32-,33+,35+,38+,39-,40-,41+/m1/s1. The topological polar surface area (TPSA) is 86.6 Å². The van der Waals surface area contributed by atoms with E-state index in [9.17, 15) is 14.7 Å². The molecular formula is C41H69NO4. The lowest BCUT2D eigenvalue weighted by molar-refractivity contribution is -0.204. The highest BCUT2D eigenvalue weighted by Gasteiger charge is 2.69. The Hall–Kier alpha value is -1.36. The SMILES string of the molecule is C[C@H]1[C@H](C)CC[C@]2(C(=O)NCCCCCCCCCCC(=O)O)CC[C@]3(C)C(=CC[C@@H]4[C@@]5(C)CC[C@H](O)C(C)(C)[C@@H]5CC[C@]43C)[C@H]12. The molecule has 5 aliphatic carbocycles. The second-order valence-corrected chi connectivity index (χ2v) is 18.4. The molecule has 10 atom stereocenters. The molecule has 4 saturated carbocycles. The fourth-order valence-corrected chi connectivity index (χ4v) is 12.7. The molecule has 5 aliphatic rings. The van der Waals surface area contributed by atoms with Gasteiger partial charge in [-0.2, -0.15) is 0 Å². The largest absolute Gasteiger partial charge is 0.481 e. The second kappa shape index (κ2) is 13.5. The molecule has 4 fully saturated rings. The zero-order valence-corrected chi connectivity index (χ0v) is 30.7. The number of fused-ring (bicyclic) bond motifs is 7. The molecule has 0 unspecified atom stereocenters. The number of aliphatic hydroxyl groups is 1. The van der Waals surface area contributed by atoms with Crippen LogP contribution in [0.15, 0.2) is 11.6 Å². The number of carbonyl (C=O) groups excluding carboxylic acids is 1. The Morgan fingerprint density at radius 1 is 0.804 bits per heavy atom. The van der Waals surface area contributed by atoms with Crippen molar-refractivity contribution in [2.75, 3.05) is 6.54 Å². The molecule has 0 saturated heterocycles. The van der Waals surface area contributed by atoms with Crippen LogP contribution in [0.1, 0.15) is 164 Å². The summed E-state index contributed by atoms with van der Waals surface area (Å²) in [6.45, 7) is 18.2. The number of hydrogen-bond acceptors (Lipinski definition) is 3. The Morgan fingerprint density at radius 3 is 2.13 bits per heavy atom. The fourth-order valence-electron chi connectivity index (χ4n) is 12.7. The van der Waals surface area contributed by atoms with Crippen molar-refractivity contribution in [2.45, 2.75) is 170 Å². The summed E-state index contributed by atoms with van der Waals surface area (Å²) in [5.41, 5.74) is 1.94. The third-order valence-corrected chi connectivity index (χ3v) is 16.0. The molecule has 0 radical (unpaired) electrons. The Bertz CT molecular complexity index is 1150. The van der Waals surface area contributed by atoms with Crippen molar-refractivity contribution < 1.29 is 19.8 Å². The van der Waals surface area contributed by atoms with E-state index in [-0.39, 0.29) is 33.2 Å². The van der Waals surface area contributed by atoms with Crippen LogP contribution in [-0.2, 0) is 9.59 Å². The number of allylic oxidation sites excluding steroid dienone is 2. The van der Waals surface area contributed by atoms with E-state index in [1.54, 1.807) is 5.57 Å². The van der Waals surface area contributed by atoms with Gasteiger partial charge in [0.15, 0.2) is 0 Å². The maximum absolute atomic E-state index is 14.4. The van der Waals surface area contributed by atoms with Crippen LogP contribution in [0.25, 0.3) is 0 Å². The number of aliphatic carboxylic acids is 1. The first-order valence-electron chi connectivity index (χ1n) is 19.5. The highest BCUT2D eigenvalue weighted by molar-refractivity contribution is 5.84. The Morgan fingerprint density at radius 2 is 1.46 bits per heavy atom. The number of rotatable bonds is 12. The number of hydrogen-bond donors (Lipinski definition) is 3. The van der Waals surface area contributed by atoms with Gasteiger partial charge in [0.25, 0.3) is 0 Å². The molecule has 3 N–H and O–H groups in total. The summed E-state index contributed by atoms with van der Waals surface area (Å²) < 4.78 is 0. The third-order valence-electron chi connectivity index (χ3n) is 16.0. The van der Waals surface area contributed by atoms with Crippen LogP contribution in [0.4, 0.5) is 0 Å². The molecule has 262 valence electrons. The van der Waals surface area contributed by atoms with Crippen molar-refractivity contribution >= 4 is 11.9 Å². The van der Waals surface area contributed by atoms with E-state index < -0.39 is 5.97 Å². The van der Waals surface area contributed by atoms with Crippen molar-refractivity contribution in [3.63, 3.8) is 0 Å². The highest BCUT2D eigenvalue weighted by atomic mass is 16.4. The van der Waals surface area contributed by atoms with Gasteiger partial charge in [0.05, 0.1) is 11.5 Å². The lowest BCUT2D eigenvalue weighted by Crippen LogP contribution is -2.66. The van der Waals surface area contributed by atoms with E-state index in [1.165, 1.54) is 32.1 Å². The molecule has 0 aromatic heterocycles. The molecule has 5 nitrogen and oxygen atoms in total. The van der Waals surface area contributed by atoms with E-state index in [4.69, 9.17) is 5.11 Å². The van der Waals surface area contributed by atoms with E-state index >= 15 is 0 Å². The summed E-state index contributed by atoms with van der Waals surface area (Å²) in [6, 6.07) is 0. The summed E-state index contributed by atoms with van der Waals surface area (Å²) in [5.74, 6) is 2.32. The first kappa shape index (κ1) is 35.9. The average Bonchev–Trinajstić information content (AvgIpc) is 3.00. The van der Waals surface area contributed by atoms with E-state index in [0.29, 0.717) is 41.9 Å². The molecule has 5 rings (SSSR count). The van der Waals surface area contributed by atoms with E-state index in [1.807, 2.05) is 0 Å². The molecule has 46 heavy (non-hydrogen) atoms. The average molecular weight is 640 g/mol. The molecule has 0 bridgehead atoms. The Kier molecular flexibility index (Phi) is 10.6. The van der Waals surface area contributed by atoms with Crippen LogP contribution >= 0.6 is 0 Å². The predicted octanol–water partition coefficient (Wildman–Crippen LogP) is 9.72. The number of nitrogens with one attached hydrogen (secondary N) is 1. The van der Waals surface area contributed by atoms with E-state index in [2.05, 4.69) is 59.9 Å². The van der Waals surface area contributed by atoms with Gasteiger partial charge in [-0.1, -0.05) is 98.6 Å². The molecule has 0 aromatic rings. The second-order valence-electron chi connectivity index (χ2n) is 18.4. The van der Waals surface area contributed by atoms with Crippen LogP contribution in [0, 0.1) is 56.7 Å². The summed E-state index contributed by atoms with van der Waals surface area (Å²) >= 11 is 0. The Labute approximate surface area is 281 Å². The van der Waals surface area contributed by atoms with E-state index in [0.717, 1.165) is 83.6 Å². The van der Waals surface area contributed by atoms with Gasteiger partial charge in [-0.15, -0.1) is 0 Å². The van der Waals surface area contributed by atoms with Crippen molar-refractivity contribution in [1.29, 1.82) is 0 Å². The number of amides is 1. The predicted molar refractivity (Wildman–Crippen MR) is 187 cm³/mol. The first-order chi connectivity index (χ1) is 21.6. The molecule has 0 aromatic carbocycles. The van der Waals surface area contributed by atoms with Gasteiger partial charge in [-0.3, -0.25) is 9.59 Å². The van der Waals surface area contributed by atoms with Crippen molar-refractivity contribution in [3.05, 3.63) is 11.6 Å². The third kappa shape index (κ3) is 5.93. The van der Waals surface area contributed by atoms with Crippen LogP contribution in [0.3, 0.4) is 0 Å². The highest BCUT2D eigenvalue weighted by Crippen LogP contribution is 2.75. The summed E-state index contributed by atoms with van der Waals surface area (Å²) in [5, 5.41) is 23.3. The minimum atomic E-state index is -0.687. The lowest BCUT2D eigenvalue weighted by Gasteiger charge is -2.71.